The van der Waals surface area contributed by atoms with Crippen LogP contribution >= 0.6 is 0 Å². The van der Waals surface area contributed by atoms with Crippen molar-refractivity contribution in [1.82, 2.24) is 0 Å². The minimum absolute atomic E-state index is 0. The molecule has 0 aliphatic rings. The van der Waals surface area contributed by atoms with Gasteiger partial charge in [0.25, 0.3) is 0 Å². The second kappa shape index (κ2) is 12.9. The van der Waals surface area contributed by atoms with Crippen LogP contribution in [-0.4, -0.2) is 11.9 Å². The molecule has 0 aromatic heterocycles. The Balaban J connectivity index is 0.000000403. The van der Waals surface area contributed by atoms with Gasteiger partial charge in [-0.3, -0.25) is 0 Å². The van der Waals surface area contributed by atoms with E-state index in [-0.39, 0.29) is 49.4 Å². The van der Waals surface area contributed by atoms with Crippen molar-refractivity contribution in [3.63, 3.8) is 0 Å². The molecule has 2 aromatic rings. The first-order valence-corrected chi connectivity index (χ1v) is 6.46. The maximum absolute atomic E-state index is 9.97. The Bertz CT molecular complexity index is 590. The van der Waals surface area contributed by atoms with Gasteiger partial charge in [0.2, 0.25) is 0 Å². The predicted octanol–water partition coefficient (Wildman–Crippen LogP) is 0.899. The van der Waals surface area contributed by atoms with Crippen molar-refractivity contribution >= 4 is 24.1 Å². The number of rotatable bonds is 4. The van der Waals surface area contributed by atoms with E-state index in [9.17, 15) is 19.8 Å². The van der Waals surface area contributed by atoms with E-state index in [1.54, 1.807) is 0 Å². The van der Waals surface area contributed by atoms with Crippen LogP contribution in [0.4, 0.5) is 0 Å². The van der Waals surface area contributed by atoms with Crippen molar-refractivity contribution in [1.29, 1.82) is 0 Å². The van der Waals surface area contributed by atoms with Crippen LogP contribution in [0, 0.1) is 49.4 Å². The predicted molar refractivity (Wildman–Crippen MR) is 81.0 cm³/mol. The normalized spacial score (nSPS) is 9.74. The Kier molecular flexibility index (Phi) is 12.1. The first-order valence-electron chi connectivity index (χ1n) is 6.46. The number of hydrogen-bond acceptors (Lipinski definition) is 4. The van der Waals surface area contributed by atoms with Crippen molar-refractivity contribution in [3.05, 3.63) is 83.9 Å². The van der Waals surface area contributed by atoms with Gasteiger partial charge in [-0.1, -0.05) is 72.8 Å². The summed E-state index contributed by atoms with van der Waals surface area (Å²) in [6.07, 6.45) is 5.01. The molecule has 4 nitrogen and oxygen atoms in total. The molecule has 0 fully saturated rings. The summed E-state index contributed by atoms with van der Waals surface area (Å²) in [5.41, 5.74) is 1.72. The van der Waals surface area contributed by atoms with Gasteiger partial charge in [-0.15, -0.1) is 0 Å². The summed E-state index contributed by atoms with van der Waals surface area (Å²) in [5, 5.41) is 19.9. The monoisotopic (exact) mass is 447 g/mol. The fraction of sp³-hybridized carbons (Fsp3) is 0. The molecule has 0 saturated carbocycles. The van der Waals surface area contributed by atoms with E-state index in [0.29, 0.717) is 0 Å². The molecule has 117 valence electrons. The van der Waals surface area contributed by atoms with Crippen molar-refractivity contribution in [2.45, 2.75) is 0 Å². The number of carbonyl (C=O) groups is 2. The van der Waals surface area contributed by atoms with Crippen LogP contribution < -0.4 is 10.2 Å². The molecule has 0 N–H and O–H groups in total. The minimum atomic E-state index is -1.17. The first-order chi connectivity index (χ1) is 10.6. The largest absolute Gasteiger partial charge is 2.00 e. The maximum Gasteiger partial charge on any atom is 2.00 e. The van der Waals surface area contributed by atoms with Gasteiger partial charge in [-0.25, -0.2) is 0 Å². The van der Waals surface area contributed by atoms with E-state index in [4.69, 9.17) is 0 Å². The summed E-state index contributed by atoms with van der Waals surface area (Å²) in [7, 11) is 0. The molecule has 0 aliphatic heterocycles. The average molecular weight is 446 g/mol. The Morgan fingerprint density at radius 3 is 1.22 bits per heavy atom. The number of carbonyl (C=O) groups excluding carboxylic acids is 2. The van der Waals surface area contributed by atoms with E-state index in [1.807, 2.05) is 60.7 Å². The van der Waals surface area contributed by atoms with Crippen molar-refractivity contribution in [2.24, 2.45) is 0 Å². The van der Waals surface area contributed by atoms with E-state index >= 15 is 0 Å². The molecular weight excluding hydrogens is 432 g/mol. The number of carboxylic acids is 2. The summed E-state index contributed by atoms with van der Waals surface area (Å²) >= 11 is 0. The molecule has 2 rings (SSSR count). The second-order valence-corrected chi connectivity index (χ2v) is 4.13. The van der Waals surface area contributed by atoms with Crippen molar-refractivity contribution in [3.8, 4) is 0 Å². The third kappa shape index (κ3) is 11.6. The summed E-state index contributed by atoms with van der Waals surface area (Å²) in [4.78, 5) is 19.9. The van der Waals surface area contributed by atoms with Gasteiger partial charge >= 0.3 is 49.4 Å². The molecule has 0 amide bonds. The van der Waals surface area contributed by atoms with Gasteiger partial charge in [0.15, 0.2) is 0 Å². The van der Waals surface area contributed by atoms with Crippen LogP contribution in [-0.2, 0) is 9.59 Å². The number of aliphatic carboxylic acids is 2. The molecule has 0 aliphatic carbocycles. The third-order valence-electron chi connectivity index (χ3n) is 2.42. The topological polar surface area (TPSA) is 80.3 Å². The Morgan fingerprint density at radius 2 is 0.957 bits per heavy atom. The summed E-state index contributed by atoms with van der Waals surface area (Å²) in [6, 6.07) is 18.4. The summed E-state index contributed by atoms with van der Waals surface area (Å²) < 4.78 is 0. The molecule has 0 bridgehead atoms. The quantitative estimate of drug-likeness (QED) is 0.654. The average Bonchev–Trinajstić information content (AvgIpc) is 2.53. The zero-order valence-corrected chi connectivity index (χ0v) is 14.5. The molecule has 0 unspecified atom stereocenters. The minimum Gasteiger partial charge on any atom is -0.545 e. The van der Waals surface area contributed by atoms with Gasteiger partial charge in [0.05, 0.1) is 11.9 Å². The van der Waals surface area contributed by atoms with Crippen LogP contribution in [0.5, 0.6) is 0 Å². The standard InChI is InChI=1S/2C9H8O2.Eu/c2*10-9(11)7-6-8-4-2-1-3-5-8;/h2*1-7H,(H,10,11);/q;;+2/p-2. The Morgan fingerprint density at radius 1 is 0.652 bits per heavy atom. The maximum atomic E-state index is 9.97. The molecular formula is C18H14EuO4. The van der Waals surface area contributed by atoms with Gasteiger partial charge in [0.1, 0.15) is 0 Å². The number of carboxylic acid groups (broad SMARTS) is 2. The molecule has 5 heteroatoms. The number of hydrogen-bond donors (Lipinski definition) is 0. The van der Waals surface area contributed by atoms with Crippen LogP contribution in [0.15, 0.2) is 72.8 Å². The van der Waals surface area contributed by atoms with Crippen molar-refractivity contribution < 1.29 is 69.2 Å². The van der Waals surface area contributed by atoms with Crippen LogP contribution in [0.3, 0.4) is 0 Å². The summed E-state index contributed by atoms with van der Waals surface area (Å²) in [5.74, 6) is -2.34. The molecule has 0 atom stereocenters. The summed E-state index contributed by atoms with van der Waals surface area (Å²) in [6.45, 7) is 0. The zero-order chi connectivity index (χ0) is 16.2. The van der Waals surface area contributed by atoms with Crippen molar-refractivity contribution in [2.75, 3.05) is 0 Å². The van der Waals surface area contributed by atoms with E-state index < -0.39 is 11.9 Å². The first kappa shape index (κ1) is 21.4. The second-order valence-electron chi connectivity index (χ2n) is 4.13. The van der Waals surface area contributed by atoms with Crippen LogP contribution in [0.2, 0.25) is 0 Å². The van der Waals surface area contributed by atoms with Crippen LogP contribution in [0.1, 0.15) is 11.1 Å². The zero-order valence-electron chi connectivity index (χ0n) is 12.1. The van der Waals surface area contributed by atoms with Gasteiger partial charge < -0.3 is 19.8 Å². The molecule has 2 aromatic carbocycles. The van der Waals surface area contributed by atoms with Gasteiger partial charge in [-0.05, 0) is 23.3 Å². The van der Waals surface area contributed by atoms with Gasteiger partial charge in [-0.2, -0.15) is 0 Å². The molecule has 0 heterocycles. The van der Waals surface area contributed by atoms with E-state index in [0.717, 1.165) is 23.3 Å². The third-order valence-corrected chi connectivity index (χ3v) is 2.42. The van der Waals surface area contributed by atoms with Crippen LogP contribution in [0.25, 0.3) is 12.2 Å². The molecule has 1 radical (unpaired) electrons. The Labute approximate surface area is 175 Å². The van der Waals surface area contributed by atoms with E-state index in [1.165, 1.54) is 12.2 Å². The molecule has 23 heavy (non-hydrogen) atoms. The Hall–Kier alpha value is -1.56. The van der Waals surface area contributed by atoms with Gasteiger partial charge in [0, 0.05) is 0 Å². The molecule has 0 saturated heterocycles. The smallest absolute Gasteiger partial charge is 0.545 e. The fourth-order valence-electron chi connectivity index (χ4n) is 1.46. The SMILES string of the molecule is O=C([O-])C=Cc1ccccc1.O=C([O-])C=Cc1ccccc1.[Eu+2]. The van der Waals surface area contributed by atoms with E-state index in [2.05, 4.69) is 0 Å². The number of benzene rings is 2. The molecule has 0 spiro atoms. The fourth-order valence-corrected chi connectivity index (χ4v) is 1.46.